The van der Waals surface area contributed by atoms with Crippen molar-refractivity contribution in [2.45, 2.75) is 58.8 Å². The van der Waals surface area contributed by atoms with Crippen LogP contribution in [-0.4, -0.2) is 57.9 Å². The molecule has 0 saturated carbocycles. The molecule has 0 aliphatic carbocycles. The van der Waals surface area contributed by atoms with Crippen LogP contribution >= 0.6 is 0 Å². The summed E-state index contributed by atoms with van der Waals surface area (Å²) in [6.07, 6.45) is 11.3. The van der Waals surface area contributed by atoms with Crippen molar-refractivity contribution in [1.29, 1.82) is 0 Å². The number of hydrogen-bond donors (Lipinski definition) is 2. The van der Waals surface area contributed by atoms with Crippen LogP contribution in [0.5, 0.6) is 0 Å². The summed E-state index contributed by atoms with van der Waals surface area (Å²) >= 11 is 0. The zero-order valence-electron chi connectivity index (χ0n) is 11.8. The fraction of sp³-hybridized carbons (Fsp3) is 0.643. The quantitative estimate of drug-likeness (QED) is 0.389. The van der Waals surface area contributed by atoms with Crippen molar-refractivity contribution in [2.24, 2.45) is 4.99 Å². The monoisotopic (exact) mass is 295 g/mol. The third-order valence-electron chi connectivity index (χ3n) is 2.09. The second-order valence-corrected chi connectivity index (χ2v) is 3.91. The van der Waals surface area contributed by atoms with Crippen molar-refractivity contribution in [3.05, 3.63) is 12.3 Å². The van der Waals surface area contributed by atoms with Crippen LogP contribution in [-0.2, 0) is 9.59 Å². The van der Waals surface area contributed by atoms with E-state index in [1.807, 2.05) is 6.08 Å². The normalized spacial score (nSPS) is 9.90. The van der Waals surface area contributed by atoms with Crippen LogP contribution in [0, 0.1) is 0 Å². The van der Waals surface area contributed by atoms with Crippen LogP contribution in [0.2, 0.25) is 0 Å². The molecule has 0 aromatic carbocycles. The summed E-state index contributed by atoms with van der Waals surface area (Å²) in [6.45, 7) is 3.79. The van der Waals surface area contributed by atoms with Gasteiger partial charge in [0, 0.05) is 18.8 Å². The molecule has 112 valence electrons. The van der Waals surface area contributed by atoms with Crippen LogP contribution in [0.25, 0.3) is 0 Å². The van der Waals surface area contributed by atoms with Crippen molar-refractivity contribution < 1.29 is 19.8 Å². The van der Waals surface area contributed by atoms with Gasteiger partial charge in [-0.05, 0) is 12.8 Å². The van der Waals surface area contributed by atoms with Gasteiger partial charge in [-0.2, -0.15) is 0 Å². The average molecular weight is 295 g/mol. The van der Waals surface area contributed by atoms with Crippen LogP contribution in [0.4, 0.5) is 0 Å². The van der Waals surface area contributed by atoms with Crippen molar-refractivity contribution in [3.8, 4) is 0 Å². The predicted octanol–water partition coefficient (Wildman–Crippen LogP) is 2.85. The summed E-state index contributed by atoms with van der Waals surface area (Å²) in [7, 11) is 0. The zero-order chi connectivity index (χ0) is 14.9. The van der Waals surface area contributed by atoms with Gasteiger partial charge in [-0.3, -0.25) is 14.6 Å². The molecule has 0 aliphatic rings. The van der Waals surface area contributed by atoms with Gasteiger partial charge >= 0.3 is 41.5 Å². The van der Waals surface area contributed by atoms with Crippen molar-refractivity contribution in [3.63, 3.8) is 0 Å². The van der Waals surface area contributed by atoms with Crippen molar-refractivity contribution in [2.75, 3.05) is 0 Å². The van der Waals surface area contributed by atoms with Gasteiger partial charge in [0.1, 0.15) is 0 Å². The van der Waals surface area contributed by atoms with Gasteiger partial charge in [-0.25, -0.2) is 0 Å². The molecule has 0 bridgehead atoms. The van der Waals surface area contributed by atoms with E-state index in [1.54, 1.807) is 13.1 Å². The zero-order valence-corrected chi connectivity index (χ0v) is 11.8. The molecule has 0 heterocycles. The number of aliphatic carboxylic acids is 2. The van der Waals surface area contributed by atoms with Gasteiger partial charge in [-0.15, -0.1) is 0 Å². The number of rotatable bonds is 9. The van der Waals surface area contributed by atoms with Crippen molar-refractivity contribution in [1.82, 2.24) is 0 Å². The molecule has 0 radical (unpaired) electrons. The van der Waals surface area contributed by atoms with E-state index in [0.717, 1.165) is 6.42 Å². The maximum atomic E-state index is 10.1. The summed E-state index contributed by atoms with van der Waals surface area (Å²) in [5.74, 6) is -1.59. The number of aliphatic imine (C=N–C) groups is 1. The Hall–Kier alpha value is -0.650. The molecular weight excluding hydrogens is 269 g/mol. The molecule has 0 aromatic heterocycles. The van der Waals surface area contributed by atoms with E-state index >= 15 is 0 Å². The second kappa shape index (κ2) is 20.7. The van der Waals surface area contributed by atoms with E-state index in [0.29, 0.717) is 0 Å². The van der Waals surface area contributed by atoms with Gasteiger partial charge in [-0.1, -0.05) is 39.2 Å². The first-order valence-electron chi connectivity index (χ1n) is 6.64. The molecule has 0 fully saturated rings. The average Bonchev–Trinajstić information content (AvgIpc) is 2.37. The van der Waals surface area contributed by atoms with E-state index in [9.17, 15) is 9.59 Å². The molecule has 0 aromatic rings. The first-order chi connectivity index (χ1) is 9.04. The topological polar surface area (TPSA) is 87.0 Å². The minimum absolute atomic E-state index is 0. The van der Waals surface area contributed by atoms with E-state index in [2.05, 4.69) is 11.9 Å². The third-order valence-corrected chi connectivity index (χ3v) is 2.09. The number of nitrogens with zero attached hydrogens (tertiary/aromatic N) is 1. The van der Waals surface area contributed by atoms with Gasteiger partial charge < -0.3 is 10.2 Å². The Labute approximate surface area is 143 Å². The number of carboxylic acids is 2. The Kier molecular flexibility index (Phi) is 25.2. The van der Waals surface area contributed by atoms with Gasteiger partial charge in [0.2, 0.25) is 0 Å². The third kappa shape index (κ3) is 30.4. The molecule has 0 aliphatic heterocycles. The first-order valence-corrected chi connectivity index (χ1v) is 6.64. The molecule has 0 unspecified atom stereocenters. The summed E-state index contributed by atoms with van der Waals surface area (Å²) in [5.41, 5.74) is 0. The van der Waals surface area contributed by atoms with E-state index in [-0.39, 0.29) is 42.4 Å². The van der Waals surface area contributed by atoms with Crippen molar-refractivity contribution >= 4 is 47.7 Å². The molecule has 0 amide bonds. The van der Waals surface area contributed by atoms with E-state index in [4.69, 9.17) is 10.2 Å². The van der Waals surface area contributed by atoms with E-state index < -0.39 is 11.9 Å². The SMILES string of the molecule is CCC(=O)O.CCCCCCC=CN=CCC(=O)O.[NaH]. The molecular formula is C14H26NNaO4. The number of unbranched alkanes of at least 4 members (excludes halogenated alkanes) is 4. The number of carboxylic acid groups (broad SMARTS) is 2. The Morgan fingerprint density at radius 2 is 1.65 bits per heavy atom. The van der Waals surface area contributed by atoms with Crippen LogP contribution < -0.4 is 0 Å². The Morgan fingerprint density at radius 3 is 2.10 bits per heavy atom. The number of hydrogen-bond acceptors (Lipinski definition) is 3. The summed E-state index contributed by atoms with van der Waals surface area (Å²) in [4.78, 5) is 23.3. The molecule has 0 spiro atoms. The molecule has 0 rings (SSSR count). The van der Waals surface area contributed by atoms with Crippen LogP contribution in [0.3, 0.4) is 0 Å². The molecule has 20 heavy (non-hydrogen) atoms. The fourth-order valence-electron chi connectivity index (χ4n) is 1.02. The van der Waals surface area contributed by atoms with Gasteiger partial charge in [0.25, 0.3) is 0 Å². The van der Waals surface area contributed by atoms with Crippen LogP contribution in [0.1, 0.15) is 58.8 Å². The standard InChI is InChI=1S/C11H19NO2.C3H6O2.Na.H/c1-2-3-4-5-6-7-9-12-10-8-11(13)14;1-2-3(4)5;;/h7,9-10H,2-6,8H2,1H3,(H,13,14);2H2,1H3,(H,4,5);;. The Morgan fingerprint density at radius 1 is 1.05 bits per heavy atom. The van der Waals surface area contributed by atoms with E-state index in [1.165, 1.54) is 31.9 Å². The number of carbonyl (C=O) groups is 2. The summed E-state index contributed by atoms with van der Waals surface area (Å²) in [5, 5.41) is 16.0. The van der Waals surface area contributed by atoms with Gasteiger partial charge in [0.05, 0.1) is 6.42 Å². The maximum absolute atomic E-state index is 10.1. The second-order valence-electron chi connectivity index (χ2n) is 3.91. The molecule has 6 heteroatoms. The summed E-state index contributed by atoms with van der Waals surface area (Å²) in [6, 6.07) is 0. The Bertz CT molecular complexity index is 291. The number of allylic oxidation sites excluding steroid dienone is 1. The van der Waals surface area contributed by atoms with Crippen LogP contribution in [0.15, 0.2) is 17.3 Å². The minimum atomic E-state index is -0.843. The Balaban J connectivity index is -0.000000414. The molecule has 2 N–H and O–H groups in total. The molecule has 0 saturated heterocycles. The first kappa shape index (κ1) is 24.4. The molecule has 0 atom stereocenters. The van der Waals surface area contributed by atoms with Gasteiger partial charge in [0.15, 0.2) is 0 Å². The molecule has 5 nitrogen and oxygen atoms in total. The predicted molar refractivity (Wildman–Crippen MR) is 83.7 cm³/mol. The fourth-order valence-corrected chi connectivity index (χ4v) is 1.02. The summed E-state index contributed by atoms with van der Waals surface area (Å²) < 4.78 is 0.